The van der Waals surface area contributed by atoms with Crippen LogP contribution in [-0.2, 0) is 11.3 Å². The van der Waals surface area contributed by atoms with Crippen LogP contribution in [0.2, 0.25) is 0 Å². The molecular formula is C14H21NO3. The van der Waals surface area contributed by atoms with E-state index in [0.717, 1.165) is 18.7 Å². The number of carboxylic acid groups (broad SMARTS) is 1. The average Bonchev–Trinajstić information content (AvgIpc) is 2.33. The van der Waals surface area contributed by atoms with Gasteiger partial charge in [-0.3, -0.25) is 0 Å². The molecule has 0 saturated heterocycles. The minimum Gasteiger partial charge on any atom is -0.482 e. The highest BCUT2D eigenvalue weighted by molar-refractivity contribution is 5.68. The lowest BCUT2D eigenvalue weighted by molar-refractivity contribution is -0.139. The maximum Gasteiger partial charge on any atom is 0.341 e. The summed E-state index contributed by atoms with van der Waals surface area (Å²) in [5.41, 5.74) is 2.15. The molecule has 100 valence electrons. The summed E-state index contributed by atoms with van der Waals surface area (Å²) in [5, 5.41) is 11.9. The van der Waals surface area contributed by atoms with E-state index in [2.05, 4.69) is 12.2 Å². The van der Waals surface area contributed by atoms with Crippen molar-refractivity contribution >= 4 is 5.97 Å². The molecule has 0 aliphatic carbocycles. The van der Waals surface area contributed by atoms with E-state index >= 15 is 0 Å². The molecule has 1 aromatic rings. The first-order valence-electron chi connectivity index (χ1n) is 6.28. The number of aryl methyl sites for hydroxylation is 1. The van der Waals surface area contributed by atoms with Crippen LogP contribution in [0.4, 0.5) is 0 Å². The van der Waals surface area contributed by atoms with E-state index in [9.17, 15) is 4.79 Å². The summed E-state index contributed by atoms with van der Waals surface area (Å²) in [6.07, 6.45) is 2.37. The molecule has 0 radical (unpaired) electrons. The lowest BCUT2D eigenvalue weighted by Gasteiger charge is -2.09. The predicted octanol–water partition coefficient (Wildman–Crippen LogP) is 2.35. The Bertz CT molecular complexity index is 391. The molecule has 0 saturated carbocycles. The van der Waals surface area contributed by atoms with Crippen molar-refractivity contribution in [3.8, 4) is 5.75 Å². The fourth-order valence-corrected chi connectivity index (χ4v) is 1.66. The van der Waals surface area contributed by atoms with Crippen LogP contribution in [0.25, 0.3) is 0 Å². The van der Waals surface area contributed by atoms with Gasteiger partial charge in [0.2, 0.25) is 0 Å². The fourth-order valence-electron chi connectivity index (χ4n) is 1.66. The summed E-state index contributed by atoms with van der Waals surface area (Å²) in [4.78, 5) is 10.4. The molecule has 18 heavy (non-hydrogen) atoms. The third-order valence-electron chi connectivity index (χ3n) is 2.63. The van der Waals surface area contributed by atoms with Gasteiger partial charge in [0.05, 0.1) is 0 Å². The highest BCUT2D eigenvalue weighted by atomic mass is 16.5. The van der Waals surface area contributed by atoms with Crippen LogP contribution in [-0.4, -0.2) is 24.2 Å². The Morgan fingerprint density at radius 2 is 2.22 bits per heavy atom. The average molecular weight is 251 g/mol. The largest absolute Gasteiger partial charge is 0.482 e. The molecule has 0 aromatic heterocycles. The van der Waals surface area contributed by atoms with Crippen LogP contribution in [0.5, 0.6) is 5.75 Å². The van der Waals surface area contributed by atoms with Crippen LogP contribution < -0.4 is 10.1 Å². The molecule has 0 spiro atoms. The predicted molar refractivity (Wildman–Crippen MR) is 70.9 cm³/mol. The molecule has 0 amide bonds. The first kappa shape index (κ1) is 14.5. The maximum atomic E-state index is 10.4. The van der Waals surface area contributed by atoms with Gasteiger partial charge in [0, 0.05) is 6.54 Å². The summed E-state index contributed by atoms with van der Waals surface area (Å²) in [6, 6.07) is 5.81. The lowest BCUT2D eigenvalue weighted by Crippen LogP contribution is -2.14. The molecule has 0 unspecified atom stereocenters. The Balaban J connectivity index is 2.48. The van der Waals surface area contributed by atoms with Gasteiger partial charge in [-0.2, -0.15) is 0 Å². The van der Waals surface area contributed by atoms with Gasteiger partial charge < -0.3 is 15.2 Å². The summed E-state index contributed by atoms with van der Waals surface area (Å²) in [6.45, 7) is 5.65. The molecule has 1 rings (SSSR count). The molecule has 0 atom stereocenters. The SMILES string of the molecule is CCCCNCc1ccc(OCC(=O)O)c(C)c1. The van der Waals surface area contributed by atoms with Gasteiger partial charge >= 0.3 is 5.97 Å². The van der Waals surface area contributed by atoms with Crippen LogP contribution in [0.1, 0.15) is 30.9 Å². The monoisotopic (exact) mass is 251 g/mol. The molecule has 1 aromatic carbocycles. The zero-order valence-electron chi connectivity index (χ0n) is 11.0. The summed E-state index contributed by atoms with van der Waals surface area (Å²) >= 11 is 0. The van der Waals surface area contributed by atoms with Crippen LogP contribution in [0, 0.1) is 6.92 Å². The number of benzene rings is 1. The van der Waals surface area contributed by atoms with Crippen molar-refractivity contribution in [2.24, 2.45) is 0 Å². The second-order valence-corrected chi connectivity index (χ2v) is 4.31. The zero-order valence-corrected chi connectivity index (χ0v) is 11.0. The number of carbonyl (C=O) groups is 1. The highest BCUT2D eigenvalue weighted by Gasteiger charge is 2.03. The summed E-state index contributed by atoms with van der Waals surface area (Å²) in [5.74, 6) is -0.325. The minimum atomic E-state index is -0.959. The van der Waals surface area contributed by atoms with E-state index in [1.54, 1.807) is 0 Å². The van der Waals surface area contributed by atoms with Crippen LogP contribution >= 0.6 is 0 Å². The van der Waals surface area contributed by atoms with Crippen molar-refractivity contribution in [1.82, 2.24) is 5.32 Å². The first-order chi connectivity index (χ1) is 8.63. The number of aliphatic carboxylic acids is 1. The third kappa shape index (κ3) is 5.19. The highest BCUT2D eigenvalue weighted by Crippen LogP contribution is 2.19. The van der Waals surface area contributed by atoms with Crippen molar-refractivity contribution in [2.45, 2.75) is 33.2 Å². The number of rotatable bonds is 8. The maximum absolute atomic E-state index is 10.4. The first-order valence-corrected chi connectivity index (χ1v) is 6.28. The van der Waals surface area contributed by atoms with Gasteiger partial charge in [-0.05, 0) is 37.1 Å². The van der Waals surface area contributed by atoms with Gasteiger partial charge in [-0.15, -0.1) is 0 Å². The van der Waals surface area contributed by atoms with E-state index in [1.807, 2.05) is 25.1 Å². The molecular weight excluding hydrogens is 230 g/mol. The van der Waals surface area contributed by atoms with E-state index < -0.39 is 5.97 Å². The Labute approximate surface area is 108 Å². The number of carboxylic acids is 1. The van der Waals surface area contributed by atoms with Crippen molar-refractivity contribution < 1.29 is 14.6 Å². The Morgan fingerprint density at radius 3 is 2.83 bits per heavy atom. The smallest absolute Gasteiger partial charge is 0.341 e. The van der Waals surface area contributed by atoms with Crippen LogP contribution in [0.15, 0.2) is 18.2 Å². The quantitative estimate of drug-likeness (QED) is 0.696. The molecule has 2 N–H and O–H groups in total. The summed E-state index contributed by atoms with van der Waals surface area (Å²) in [7, 11) is 0. The Morgan fingerprint density at radius 1 is 1.44 bits per heavy atom. The number of nitrogens with one attached hydrogen (secondary N) is 1. The van der Waals surface area contributed by atoms with Crippen molar-refractivity contribution in [1.29, 1.82) is 0 Å². The normalized spacial score (nSPS) is 10.3. The van der Waals surface area contributed by atoms with E-state index in [0.29, 0.717) is 5.75 Å². The van der Waals surface area contributed by atoms with Crippen molar-refractivity contribution in [3.63, 3.8) is 0 Å². The van der Waals surface area contributed by atoms with E-state index in [1.165, 1.54) is 18.4 Å². The summed E-state index contributed by atoms with van der Waals surface area (Å²) < 4.78 is 5.18. The second-order valence-electron chi connectivity index (χ2n) is 4.31. The molecule has 4 nitrogen and oxygen atoms in total. The van der Waals surface area contributed by atoms with Gasteiger partial charge in [0.1, 0.15) is 5.75 Å². The molecule has 0 fully saturated rings. The van der Waals surface area contributed by atoms with Gasteiger partial charge in [0.25, 0.3) is 0 Å². The number of hydrogen-bond acceptors (Lipinski definition) is 3. The molecule has 0 aliphatic rings. The molecule has 4 heteroatoms. The second kappa shape index (κ2) is 7.71. The third-order valence-corrected chi connectivity index (χ3v) is 2.63. The fraction of sp³-hybridized carbons (Fsp3) is 0.500. The Kier molecular flexibility index (Phi) is 6.22. The topological polar surface area (TPSA) is 58.6 Å². The number of unbranched alkanes of at least 4 members (excludes halogenated alkanes) is 1. The van der Waals surface area contributed by atoms with Crippen molar-refractivity contribution in [3.05, 3.63) is 29.3 Å². The van der Waals surface area contributed by atoms with Crippen molar-refractivity contribution in [2.75, 3.05) is 13.2 Å². The molecule has 0 heterocycles. The molecule has 0 aliphatic heterocycles. The van der Waals surface area contributed by atoms with Gasteiger partial charge in [-0.25, -0.2) is 4.79 Å². The number of hydrogen-bond donors (Lipinski definition) is 2. The van der Waals surface area contributed by atoms with E-state index in [-0.39, 0.29) is 6.61 Å². The number of ether oxygens (including phenoxy) is 1. The van der Waals surface area contributed by atoms with Gasteiger partial charge in [-0.1, -0.05) is 25.5 Å². The zero-order chi connectivity index (χ0) is 13.4. The van der Waals surface area contributed by atoms with Crippen LogP contribution in [0.3, 0.4) is 0 Å². The lowest BCUT2D eigenvalue weighted by atomic mass is 10.1. The minimum absolute atomic E-state index is 0.297. The molecule has 0 bridgehead atoms. The van der Waals surface area contributed by atoms with Gasteiger partial charge in [0.15, 0.2) is 6.61 Å². The standard InChI is InChI=1S/C14H21NO3/c1-3-4-7-15-9-12-5-6-13(11(2)8-12)18-10-14(16)17/h5-6,8,15H,3-4,7,9-10H2,1-2H3,(H,16,17). The Hall–Kier alpha value is -1.55. The van der Waals surface area contributed by atoms with E-state index in [4.69, 9.17) is 9.84 Å².